The second kappa shape index (κ2) is 8.06. The number of carbonyl (C=O) groups excluding carboxylic acids is 2. The Kier molecular flexibility index (Phi) is 5.31. The lowest BCUT2D eigenvalue weighted by Gasteiger charge is -2.31. The van der Waals surface area contributed by atoms with Crippen LogP contribution in [0.3, 0.4) is 0 Å². The van der Waals surface area contributed by atoms with Crippen LogP contribution in [-0.4, -0.2) is 49.4 Å². The number of rotatable bonds is 4. The van der Waals surface area contributed by atoms with E-state index in [1.165, 1.54) is 12.4 Å². The van der Waals surface area contributed by atoms with E-state index in [0.29, 0.717) is 36.6 Å². The molecular formula is C22H24N6O2. The minimum Gasteiger partial charge on any atom is -0.383 e. The van der Waals surface area contributed by atoms with Crippen molar-refractivity contribution in [1.29, 1.82) is 0 Å². The maximum Gasteiger partial charge on any atom is 0.274 e. The van der Waals surface area contributed by atoms with Crippen molar-refractivity contribution in [2.75, 3.05) is 18.8 Å². The van der Waals surface area contributed by atoms with Gasteiger partial charge in [0.15, 0.2) is 5.78 Å². The third-order valence-corrected chi connectivity index (χ3v) is 5.43. The minimum atomic E-state index is -0.320. The largest absolute Gasteiger partial charge is 0.383 e. The van der Waals surface area contributed by atoms with E-state index in [0.717, 1.165) is 23.4 Å². The molecule has 8 nitrogen and oxygen atoms in total. The molecule has 2 N–H and O–H groups in total. The van der Waals surface area contributed by atoms with Gasteiger partial charge in [-0.1, -0.05) is 17.7 Å². The van der Waals surface area contributed by atoms with Gasteiger partial charge in [-0.2, -0.15) is 5.10 Å². The van der Waals surface area contributed by atoms with Gasteiger partial charge in [0.05, 0.1) is 29.3 Å². The first kappa shape index (κ1) is 19.8. The zero-order valence-electron chi connectivity index (χ0n) is 17.1. The zero-order valence-corrected chi connectivity index (χ0v) is 17.1. The Balaban J connectivity index is 1.51. The maximum atomic E-state index is 13.2. The van der Waals surface area contributed by atoms with Crippen LogP contribution in [0.5, 0.6) is 0 Å². The van der Waals surface area contributed by atoms with Crippen LogP contribution in [0.15, 0.2) is 42.9 Å². The average molecular weight is 404 g/mol. The number of hydrogen-bond donors (Lipinski definition) is 1. The monoisotopic (exact) mass is 404 g/mol. The van der Waals surface area contributed by atoms with E-state index in [-0.39, 0.29) is 17.6 Å². The van der Waals surface area contributed by atoms with Gasteiger partial charge in [0.2, 0.25) is 0 Å². The van der Waals surface area contributed by atoms with Crippen LogP contribution in [0.25, 0.3) is 5.69 Å². The third-order valence-electron chi connectivity index (χ3n) is 5.43. The normalized spacial score (nSPS) is 16.5. The Bertz CT molecular complexity index is 1070. The summed E-state index contributed by atoms with van der Waals surface area (Å²) in [4.78, 5) is 35.9. The highest BCUT2D eigenvalue weighted by Crippen LogP contribution is 2.26. The van der Waals surface area contributed by atoms with Crippen molar-refractivity contribution in [3.63, 3.8) is 0 Å². The van der Waals surface area contributed by atoms with Crippen molar-refractivity contribution in [2.24, 2.45) is 5.92 Å². The van der Waals surface area contributed by atoms with E-state index < -0.39 is 0 Å². The van der Waals surface area contributed by atoms with Crippen LogP contribution in [0.2, 0.25) is 0 Å². The molecule has 1 fully saturated rings. The molecule has 3 aromatic rings. The molecule has 0 unspecified atom stereocenters. The van der Waals surface area contributed by atoms with Crippen molar-refractivity contribution in [3.05, 3.63) is 65.4 Å². The summed E-state index contributed by atoms with van der Waals surface area (Å²) in [5.74, 6) is -0.294. The topological polar surface area (TPSA) is 107 Å². The van der Waals surface area contributed by atoms with Crippen LogP contribution in [-0.2, 0) is 0 Å². The van der Waals surface area contributed by atoms with Crippen molar-refractivity contribution in [1.82, 2.24) is 24.6 Å². The predicted octanol–water partition coefficient (Wildman–Crippen LogP) is 2.60. The number of Topliss-reactive ketones (excluding diaryl/α,β-unsaturated/α-hetero) is 1. The molecule has 0 radical (unpaired) electrons. The molecule has 0 spiro atoms. The lowest BCUT2D eigenvalue weighted by atomic mass is 9.90. The number of nitrogens with zero attached hydrogens (tertiary/aromatic N) is 5. The molecule has 3 heterocycles. The Morgan fingerprint density at radius 1 is 1.07 bits per heavy atom. The number of hydrogen-bond acceptors (Lipinski definition) is 6. The molecule has 8 heteroatoms. The number of amides is 1. The first-order chi connectivity index (χ1) is 14.4. The molecule has 154 valence electrons. The standard InChI is InChI=1S/C22H24N6O2/c1-14-5-7-17(8-6-14)28-21(23)18(11-26-28)20(29)16-4-3-9-27(13-16)22(30)19-12-24-15(2)10-25-19/h5-8,10-12,16H,3-4,9,13,23H2,1-2H3/t16-/m0/s1. The molecule has 0 aliphatic carbocycles. The van der Waals surface area contributed by atoms with Crippen molar-refractivity contribution < 1.29 is 9.59 Å². The molecule has 0 saturated carbocycles. The van der Waals surface area contributed by atoms with Gasteiger partial charge in [-0.05, 0) is 38.8 Å². The fourth-order valence-electron chi connectivity index (χ4n) is 3.70. The second-order valence-electron chi connectivity index (χ2n) is 7.69. The Morgan fingerprint density at radius 2 is 1.83 bits per heavy atom. The molecule has 1 amide bonds. The summed E-state index contributed by atoms with van der Waals surface area (Å²) in [7, 11) is 0. The molecule has 1 saturated heterocycles. The molecular weight excluding hydrogens is 380 g/mol. The molecule has 2 aromatic heterocycles. The Hall–Kier alpha value is -3.55. The highest BCUT2D eigenvalue weighted by atomic mass is 16.2. The van der Waals surface area contributed by atoms with Crippen LogP contribution >= 0.6 is 0 Å². The van der Waals surface area contributed by atoms with E-state index in [1.807, 2.05) is 38.1 Å². The molecule has 1 aliphatic heterocycles. The first-order valence-electron chi connectivity index (χ1n) is 9.96. The number of nitrogens with two attached hydrogens (primary N) is 1. The fraction of sp³-hybridized carbons (Fsp3) is 0.318. The number of likely N-dealkylation sites (tertiary alicyclic amines) is 1. The van der Waals surface area contributed by atoms with Gasteiger partial charge in [-0.3, -0.25) is 14.6 Å². The van der Waals surface area contributed by atoms with Gasteiger partial charge < -0.3 is 10.6 Å². The number of benzene rings is 1. The molecule has 30 heavy (non-hydrogen) atoms. The molecule has 1 aliphatic rings. The number of anilines is 1. The summed E-state index contributed by atoms with van der Waals surface area (Å²) in [6, 6.07) is 7.76. The van der Waals surface area contributed by atoms with Crippen LogP contribution in [0.1, 0.15) is 44.9 Å². The third kappa shape index (κ3) is 3.80. The SMILES string of the molecule is Cc1ccc(-n2ncc(C(=O)[C@H]3CCCN(C(=O)c4cnc(C)cn4)C3)c2N)cc1. The first-order valence-corrected chi connectivity index (χ1v) is 9.96. The summed E-state index contributed by atoms with van der Waals surface area (Å²) in [6.45, 7) is 4.75. The van der Waals surface area contributed by atoms with Crippen molar-refractivity contribution in [3.8, 4) is 5.69 Å². The van der Waals surface area contributed by atoms with Gasteiger partial charge >= 0.3 is 0 Å². The van der Waals surface area contributed by atoms with Crippen LogP contribution in [0, 0.1) is 19.8 Å². The summed E-state index contributed by atoms with van der Waals surface area (Å²) < 4.78 is 1.57. The molecule has 4 rings (SSSR count). The van der Waals surface area contributed by atoms with Crippen molar-refractivity contribution >= 4 is 17.5 Å². The highest BCUT2D eigenvalue weighted by Gasteiger charge is 2.32. The van der Waals surface area contributed by atoms with Gasteiger partial charge in [0, 0.05) is 25.2 Å². The van der Waals surface area contributed by atoms with E-state index in [1.54, 1.807) is 15.8 Å². The highest BCUT2D eigenvalue weighted by molar-refractivity contribution is 6.02. The van der Waals surface area contributed by atoms with E-state index in [2.05, 4.69) is 15.1 Å². The Morgan fingerprint density at radius 3 is 2.53 bits per heavy atom. The summed E-state index contributed by atoms with van der Waals surface area (Å²) in [5, 5.41) is 4.31. The Labute approximate surface area is 174 Å². The van der Waals surface area contributed by atoms with E-state index >= 15 is 0 Å². The number of nitrogen functional groups attached to an aromatic ring is 1. The van der Waals surface area contributed by atoms with Crippen molar-refractivity contribution in [2.45, 2.75) is 26.7 Å². The molecule has 1 atom stereocenters. The van der Waals surface area contributed by atoms with Gasteiger partial charge in [0.1, 0.15) is 11.5 Å². The maximum absolute atomic E-state index is 13.2. The fourth-order valence-corrected chi connectivity index (χ4v) is 3.70. The summed E-state index contributed by atoms with van der Waals surface area (Å²) in [6.07, 6.45) is 6.02. The average Bonchev–Trinajstić information content (AvgIpc) is 3.15. The lowest BCUT2D eigenvalue weighted by molar-refractivity contribution is 0.0632. The quantitative estimate of drug-likeness (QED) is 0.670. The minimum absolute atomic E-state index is 0.0849. The van der Waals surface area contributed by atoms with Gasteiger partial charge in [-0.25, -0.2) is 9.67 Å². The molecule has 1 aromatic carbocycles. The van der Waals surface area contributed by atoms with E-state index in [9.17, 15) is 9.59 Å². The van der Waals surface area contributed by atoms with Gasteiger partial charge in [0.25, 0.3) is 5.91 Å². The van der Waals surface area contributed by atoms with E-state index in [4.69, 9.17) is 5.73 Å². The molecule has 0 bridgehead atoms. The van der Waals surface area contributed by atoms with Crippen LogP contribution in [0.4, 0.5) is 5.82 Å². The number of carbonyl (C=O) groups is 2. The number of aryl methyl sites for hydroxylation is 2. The van der Waals surface area contributed by atoms with Gasteiger partial charge in [-0.15, -0.1) is 0 Å². The number of piperidine rings is 1. The number of ketones is 1. The lowest BCUT2D eigenvalue weighted by Crippen LogP contribution is -2.42. The second-order valence-corrected chi connectivity index (χ2v) is 7.69. The summed E-state index contributed by atoms with van der Waals surface area (Å²) in [5.41, 5.74) is 9.63. The zero-order chi connectivity index (χ0) is 21.3. The number of aromatic nitrogens is 4. The predicted molar refractivity (Wildman–Crippen MR) is 112 cm³/mol. The summed E-state index contributed by atoms with van der Waals surface area (Å²) >= 11 is 0. The smallest absolute Gasteiger partial charge is 0.274 e. The van der Waals surface area contributed by atoms with Crippen LogP contribution < -0.4 is 5.73 Å².